The smallest absolute Gasteiger partial charge is 0.238 e. The average Bonchev–Trinajstić information content (AvgIpc) is 3.21. The van der Waals surface area contributed by atoms with Crippen LogP contribution in [0.5, 0.6) is 17.2 Å². The van der Waals surface area contributed by atoms with Crippen LogP contribution in [-0.4, -0.2) is 68.2 Å². The Bertz CT molecular complexity index is 910. The Morgan fingerprint density at radius 1 is 1.03 bits per heavy atom. The van der Waals surface area contributed by atoms with Gasteiger partial charge in [0, 0.05) is 38.3 Å². The lowest BCUT2D eigenvalue weighted by Gasteiger charge is -2.34. The molecule has 0 aromatic heterocycles. The maximum atomic E-state index is 12.5. The Balaban J connectivity index is 1.27. The van der Waals surface area contributed by atoms with Crippen LogP contribution in [0.25, 0.3) is 0 Å². The van der Waals surface area contributed by atoms with Crippen LogP contribution in [0.15, 0.2) is 42.5 Å². The quantitative estimate of drug-likeness (QED) is 0.780. The highest BCUT2D eigenvalue weighted by molar-refractivity contribution is 5.94. The van der Waals surface area contributed by atoms with Gasteiger partial charge in [0.15, 0.2) is 11.5 Å². The van der Waals surface area contributed by atoms with E-state index >= 15 is 0 Å². The van der Waals surface area contributed by atoms with E-state index in [1.807, 2.05) is 40.1 Å². The number of piperazine rings is 1. The zero-order valence-electron chi connectivity index (χ0n) is 16.9. The van der Waals surface area contributed by atoms with Gasteiger partial charge in [0.05, 0.1) is 25.8 Å². The molecule has 30 heavy (non-hydrogen) atoms. The third-order valence-electron chi connectivity index (χ3n) is 5.26. The van der Waals surface area contributed by atoms with E-state index in [2.05, 4.69) is 5.32 Å². The molecule has 2 aliphatic heterocycles. The lowest BCUT2D eigenvalue weighted by atomic mass is 10.1. The van der Waals surface area contributed by atoms with Crippen molar-refractivity contribution in [1.82, 2.24) is 9.80 Å². The highest BCUT2D eigenvalue weighted by Gasteiger charge is 2.24. The number of fused-ring (bicyclic) bond motifs is 1. The number of carbonyl (C=O) groups excluding carboxylic acids is 2. The van der Waals surface area contributed by atoms with E-state index in [4.69, 9.17) is 14.2 Å². The van der Waals surface area contributed by atoms with Crippen LogP contribution < -0.4 is 19.5 Å². The van der Waals surface area contributed by atoms with Gasteiger partial charge in [-0.1, -0.05) is 30.3 Å². The Labute approximate surface area is 175 Å². The van der Waals surface area contributed by atoms with E-state index in [1.165, 1.54) is 0 Å². The predicted octanol–water partition coefficient (Wildman–Crippen LogP) is 1.75. The molecule has 2 aliphatic rings. The SMILES string of the molecule is COc1cc2c(cc1NC(=O)CN1CCN(C(=O)Cc3ccccc3)CC1)OCO2. The van der Waals surface area contributed by atoms with E-state index in [0.29, 0.717) is 55.5 Å². The molecule has 0 aliphatic carbocycles. The second kappa shape index (κ2) is 9.04. The highest BCUT2D eigenvalue weighted by Crippen LogP contribution is 2.40. The first kappa shape index (κ1) is 20.0. The Morgan fingerprint density at radius 3 is 2.43 bits per heavy atom. The predicted molar refractivity (Wildman–Crippen MR) is 111 cm³/mol. The van der Waals surface area contributed by atoms with Crippen molar-refractivity contribution in [2.24, 2.45) is 0 Å². The molecule has 158 valence electrons. The standard InChI is InChI=1S/C22H25N3O5/c1-28-18-13-20-19(29-15-30-20)12-17(18)23-21(26)14-24-7-9-25(10-8-24)22(27)11-16-5-3-2-4-6-16/h2-6,12-13H,7-11,14-15H2,1H3,(H,23,26). The molecule has 2 aromatic rings. The largest absolute Gasteiger partial charge is 0.494 e. The maximum absolute atomic E-state index is 12.5. The third-order valence-corrected chi connectivity index (χ3v) is 5.26. The number of hydrogen-bond acceptors (Lipinski definition) is 6. The number of methoxy groups -OCH3 is 1. The molecule has 8 heteroatoms. The first-order valence-electron chi connectivity index (χ1n) is 9.94. The van der Waals surface area contributed by atoms with Gasteiger partial charge in [-0.15, -0.1) is 0 Å². The monoisotopic (exact) mass is 411 g/mol. The van der Waals surface area contributed by atoms with Gasteiger partial charge in [0.1, 0.15) is 5.75 Å². The number of carbonyl (C=O) groups is 2. The minimum absolute atomic E-state index is 0.121. The van der Waals surface area contributed by atoms with Crippen LogP contribution in [0.1, 0.15) is 5.56 Å². The Hall–Kier alpha value is -3.26. The van der Waals surface area contributed by atoms with Crippen LogP contribution >= 0.6 is 0 Å². The van der Waals surface area contributed by atoms with Gasteiger partial charge in [-0.2, -0.15) is 0 Å². The molecule has 4 rings (SSSR count). The summed E-state index contributed by atoms with van der Waals surface area (Å²) in [7, 11) is 1.54. The van der Waals surface area contributed by atoms with Crippen LogP contribution in [-0.2, 0) is 16.0 Å². The van der Waals surface area contributed by atoms with Crippen molar-refractivity contribution in [2.75, 3.05) is 51.9 Å². The molecular weight excluding hydrogens is 386 g/mol. The summed E-state index contributed by atoms with van der Waals surface area (Å²) in [5, 5.41) is 2.88. The first-order valence-corrected chi connectivity index (χ1v) is 9.94. The van der Waals surface area contributed by atoms with Gasteiger partial charge in [-0.05, 0) is 5.56 Å². The molecule has 0 spiro atoms. The van der Waals surface area contributed by atoms with E-state index in [0.717, 1.165) is 5.56 Å². The zero-order valence-corrected chi connectivity index (χ0v) is 16.9. The minimum Gasteiger partial charge on any atom is -0.494 e. The molecule has 0 unspecified atom stereocenters. The van der Waals surface area contributed by atoms with Crippen molar-refractivity contribution in [3.63, 3.8) is 0 Å². The van der Waals surface area contributed by atoms with Crippen LogP contribution in [0.2, 0.25) is 0 Å². The second-order valence-electron chi connectivity index (χ2n) is 7.27. The van der Waals surface area contributed by atoms with Crippen molar-refractivity contribution in [3.8, 4) is 17.2 Å². The van der Waals surface area contributed by atoms with Crippen LogP contribution in [0.4, 0.5) is 5.69 Å². The van der Waals surface area contributed by atoms with Crippen LogP contribution in [0.3, 0.4) is 0 Å². The fourth-order valence-electron chi connectivity index (χ4n) is 3.62. The summed E-state index contributed by atoms with van der Waals surface area (Å²) in [4.78, 5) is 28.9. The summed E-state index contributed by atoms with van der Waals surface area (Å²) in [6.07, 6.45) is 0.408. The van der Waals surface area contributed by atoms with Gasteiger partial charge < -0.3 is 24.4 Å². The number of nitrogens with one attached hydrogen (secondary N) is 1. The number of ether oxygens (including phenoxy) is 3. The molecule has 2 aromatic carbocycles. The summed E-state index contributed by atoms with van der Waals surface area (Å²) < 4.78 is 16.0. The fraction of sp³-hybridized carbons (Fsp3) is 0.364. The second-order valence-corrected chi connectivity index (χ2v) is 7.27. The van der Waals surface area contributed by atoms with Crippen molar-refractivity contribution in [3.05, 3.63) is 48.0 Å². The Morgan fingerprint density at radius 2 is 1.73 bits per heavy atom. The summed E-state index contributed by atoms with van der Waals surface area (Å²) in [6.45, 7) is 2.96. The van der Waals surface area contributed by atoms with Gasteiger partial charge in [0.2, 0.25) is 18.6 Å². The van der Waals surface area contributed by atoms with E-state index in [1.54, 1.807) is 19.2 Å². The van der Waals surface area contributed by atoms with Gasteiger partial charge in [-0.3, -0.25) is 14.5 Å². The molecule has 0 bridgehead atoms. The molecule has 1 N–H and O–H groups in total. The third kappa shape index (κ3) is 4.65. The number of anilines is 1. The summed E-state index contributed by atoms with van der Waals surface area (Å²) in [5.41, 5.74) is 1.56. The number of hydrogen-bond donors (Lipinski definition) is 1. The molecular formula is C22H25N3O5. The molecule has 2 amide bonds. The van der Waals surface area contributed by atoms with Crippen molar-refractivity contribution >= 4 is 17.5 Å². The molecule has 1 fully saturated rings. The highest BCUT2D eigenvalue weighted by atomic mass is 16.7. The molecule has 0 saturated carbocycles. The normalized spacial score (nSPS) is 15.7. The fourth-order valence-corrected chi connectivity index (χ4v) is 3.62. The van der Waals surface area contributed by atoms with Crippen molar-refractivity contribution < 1.29 is 23.8 Å². The number of amides is 2. The van der Waals surface area contributed by atoms with Gasteiger partial charge >= 0.3 is 0 Å². The first-order chi connectivity index (χ1) is 14.6. The average molecular weight is 411 g/mol. The Kier molecular flexibility index (Phi) is 6.04. The lowest BCUT2D eigenvalue weighted by molar-refractivity contribution is -0.132. The number of benzene rings is 2. The van der Waals surface area contributed by atoms with Gasteiger partial charge in [-0.25, -0.2) is 0 Å². The van der Waals surface area contributed by atoms with Crippen molar-refractivity contribution in [1.29, 1.82) is 0 Å². The molecule has 2 heterocycles. The van der Waals surface area contributed by atoms with Gasteiger partial charge in [0.25, 0.3) is 0 Å². The number of nitrogens with zero attached hydrogens (tertiary/aromatic N) is 2. The summed E-state index contributed by atoms with van der Waals surface area (Å²) in [5.74, 6) is 1.67. The summed E-state index contributed by atoms with van der Waals surface area (Å²) in [6, 6.07) is 13.2. The number of rotatable bonds is 6. The topological polar surface area (TPSA) is 80.3 Å². The maximum Gasteiger partial charge on any atom is 0.238 e. The van der Waals surface area contributed by atoms with E-state index < -0.39 is 0 Å². The molecule has 0 radical (unpaired) electrons. The van der Waals surface area contributed by atoms with Crippen molar-refractivity contribution in [2.45, 2.75) is 6.42 Å². The summed E-state index contributed by atoms with van der Waals surface area (Å²) >= 11 is 0. The molecule has 8 nitrogen and oxygen atoms in total. The van der Waals surface area contributed by atoms with E-state index in [-0.39, 0.29) is 25.2 Å². The molecule has 1 saturated heterocycles. The molecule has 0 atom stereocenters. The van der Waals surface area contributed by atoms with E-state index in [9.17, 15) is 9.59 Å². The minimum atomic E-state index is -0.142. The zero-order chi connectivity index (χ0) is 20.9. The van der Waals surface area contributed by atoms with Crippen LogP contribution in [0, 0.1) is 0 Å². The lowest BCUT2D eigenvalue weighted by Crippen LogP contribution is -2.50.